The van der Waals surface area contributed by atoms with Crippen molar-refractivity contribution in [2.45, 2.75) is 39.7 Å². The molecule has 1 aromatic rings. The van der Waals surface area contributed by atoms with Crippen LogP contribution in [0, 0.1) is 5.82 Å². The van der Waals surface area contributed by atoms with Crippen LogP contribution in [0.4, 0.5) is 4.39 Å². The van der Waals surface area contributed by atoms with Gasteiger partial charge in [0.05, 0.1) is 13.2 Å². The van der Waals surface area contributed by atoms with Crippen LogP contribution in [0.5, 0.6) is 11.5 Å². The molecule has 0 amide bonds. The molecule has 90 valence electrons. The molecule has 0 aromatic heterocycles. The van der Waals surface area contributed by atoms with Gasteiger partial charge in [-0.15, -0.1) is 0 Å². The lowest BCUT2D eigenvalue weighted by atomic mass is 10.0. The molecule has 0 radical (unpaired) electrons. The molecule has 0 aliphatic carbocycles. The number of halogens is 1. The molecule has 0 aliphatic rings. The highest BCUT2D eigenvalue weighted by Crippen LogP contribution is 2.34. The first-order valence-corrected chi connectivity index (χ1v) is 5.49. The van der Waals surface area contributed by atoms with Crippen molar-refractivity contribution < 1.29 is 13.9 Å². The van der Waals surface area contributed by atoms with Gasteiger partial charge in [-0.25, -0.2) is 4.39 Å². The molecule has 0 unspecified atom stereocenters. The molecule has 0 fully saturated rings. The fourth-order valence-electron chi connectivity index (χ4n) is 1.42. The third-order valence-corrected chi connectivity index (χ3v) is 2.27. The normalized spacial score (nSPS) is 11.0. The first-order valence-electron chi connectivity index (χ1n) is 5.49. The fourth-order valence-corrected chi connectivity index (χ4v) is 1.42. The van der Waals surface area contributed by atoms with E-state index in [1.54, 1.807) is 0 Å². The minimum Gasteiger partial charge on any atom is -0.493 e. The summed E-state index contributed by atoms with van der Waals surface area (Å²) in [4.78, 5) is 0. The van der Waals surface area contributed by atoms with Crippen LogP contribution in [0.3, 0.4) is 0 Å². The Hall–Kier alpha value is -1.25. The average Bonchev–Trinajstić information content (AvgIpc) is 2.19. The summed E-state index contributed by atoms with van der Waals surface area (Å²) < 4.78 is 24.4. The van der Waals surface area contributed by atoms with Crippen LogP contribution in [-0.2, 0) is 0 Å². The van der Waals surface area contributed by atoms with Gasteiger partial charge in [0, 0.05) is 0 Å². The van der Waals surface area contributed by atoms with Gasteiger partial charge < -0.3 is 9.47 Å². The Bertz CT molecular complexity index is 359. The Balaban J connectivity index is 3.17. The smallest absolute Gasteiger partial charge is 0.197 e. The van der Waals surface area contributed by atoms with E-state index in [-0.39, 0.29) is 23.6 Å². The van der Waals surface area contributed by atoms with E-state index in [0.717, 1.165) is 5.56 Å². The maximum Gasteiger partial charge on any atom is 0.197 e. The summed E-state index contributed by atoms with van der Waals surface area (Å²) in [6.07, 6.45) is -0.0756. The van der Waals surface area contributed by atoms with Crippen molar-refractivity contribution in [3.8, 4) is 11.5 Å². The standard InChI is InChI=1S/C13H19FO2/c1-8(2)10-6-11(14)13(16-9(3)4)12(7-10)15-5/h6-9H,1-5H3. The third-order valence-electron chi connectivity index (χ3n) is 2.27. The summed E-state index contributed by atoms with van der Waals surface area (Å²) in [5.41, 5.74) is 0.908. The van der Waals surface area contributed by atoms with E-state index >= 15 is 0 Å². The molecule has 0 atom stereocenters. The second-order valence-corrected chi connectivity index (χ2v) is 4.36. The van der Waals surface area contributed by atoms with Crippen molar-refractivity contribution in [2.24, 2.45) is 0 Å². The largest absolute Gasteiger partial charge is 0.493 e. The second-order valence-electron chi connectivity index (χ2n) is 4.36. The van der Waals surface area contributed by atoms with Crippen molar-refractivity contribution in [3.63, 3.8) is 0 Å². The lowest BCUT2D eigenvalue weighted by Gasteiger charge is -2.16. The van der Waals surface area contributed by atoms with Crippen LogP contribution in [0.25, 0.3) is 0 Å². The van der Waals surface area contributed by atoms with Crippen LogP contribution >= 0.6 is 0 Å². The molecule has 0 spiro atoms. The summed E-state index contributed by atoms with van der Waals surface area (Å²) in [5.74, 6) is 0.549. The van der Waals surface area contributed by atoms with Crippen LogP contribution in [0.15, 0.2) is 12.1 Å². The number of hydrogen-bond acceptors (Lipinski definition) is 2. The van der Waals surface area contributed by atoms with Gasteiger partial charge in [-0.3, -0.25) is 0 Å². The van der Waals surface area contributed by atoms with Gasteiger partial charge >= 0.3 is 0 Å². The molecule has 0 saturated carbocycles. The van der Waals surface area contributed by atoms with Crippen LogP contribution < -0.4 is 9.47 Å². The predicted octanol–water partition coefficient (Wildman–Crippen LogP) is 3.74. The lowest BCUT2D eigenvalue weighted by molar-refractivity contribution is 0.218. The number of hydrogen-bond donors (Lipinski definition) is 0. The summed E-state index contributed by atoms with van der Waals surface area (Å²) in [6, 6.07) is 3.33. The van der Waals surface area contributed by atoms with Gasteiger partial charge in [-0.1, -0.05) is 13.8 Å². The summed E-state index contributed by atoms with van der Waals surface area (Å²) in [7, 11) is 1.52. The summed E-state index contributed by atoms with van der Waals surface area (Å²) >= 11 is 0. The predicted molar refractivity (Wildman–Crippen MR) is 62.8 cm³/mol. The van der Waals surface area contributed by atoms with Gasteiger partial charge in [0.2, 0.25) is 0 Å². The minimum atomic E-state index is -0.364. The van der Waals surface area contributed by atoms with Gasteiger partial charge in [-0.05, 0) is 37.5 Å². The zero-order valence-electron chi connectivity index (χ0n) is 10.5. The fraction of sp³-hybridized carbons (Fsp3) is 0.538. The van der Waals surface area contributed by atoms with Crippen molar-refractivity contribution in [2.75, 3.05) is 7.11 Å². The zero-order valence-corrected chi connectivity index (χ0v) is 10.5. The maximum atomic E-state index is 13.8. The number of rotatable bonds is 4. The van der Waals surface area contributed by atoms with Crippen LogP contribution in [-0.4, -0.2) is 13.2 Å². The highest BCUT2D eigenvalue weighted by Gasteiger charge is 2.15. The summed E-state index contributed by atoms with van der Waals surface area (Å²) in [6.45, 7) is 7.73. The monoisotopic (exact) mass is 226 g/mol. The molecule has 1 aromatic carbocycles. The molecule has 0 aliphatic heterocycles. The molecule has 0 saturated heterocycles. The topological polar surface area (TPSA) is 18.5 Å². The quantitative estimate of drug-likeness (QED) is 0.778. The Morgan fingerprint density at radius 2 is 1.75 bits per heavy atom. The van der Waals surface area contributed by atoms with E-state index in [0.29, 0.717) is 5.75 Å². The average molecular weight is 226 g/mol. The van der Waals surface area contributed by atoms with Crippen molar-refractivity contribution >= 4 is 0 Å². The lowest BCUT2D eigenvalue weighted by Crippen LogP contribution is -2.09. The molecule has 1 rings (SSSR count). The van der Waals surface area contributed by atoms with E-state index in [1.165, 1.54) is 13.2 Å². The molecule has 3 heteroatoms. The Kier molecular flexibility index (Phi) is 4.16. The number of benzene rings is 1. The molecular weight excluding hydrogens is 207 g/mol. The second kappa shape index (κ2) is 5.19. The first-order chi connectivity index (χ1) is 7.45. The third kappa shape index (κ3) is 2.87. The minimum absolute atomic E-state index is 0.0756. The maximum absolute atomic E-state index is 13.8. The summed E-state index contributed by atoms with van der Waals surface area (Å²) in [5, 5.41) is 0. The number of methoxy groups -OCH3 is 1. The molecule has 2 nitrogen and oxygen atoms in total. The van der Waals surface area contributed by atoms with E-state index in [2.05, 4.69) is 0 Å². The Morgan fingerprint density at radius 1 is 1.12 bits per heavy atom. The van der Waals surface area contributed by atoms with Crippen molar-refractivity contribution in [1.82, 2.24) is 0 Å². The van der Waals surface area contributed by atoms with Gasteiger partial charge in [0.15, 0.2) is 17.3 Å². The van der Waals surface area contributed by atoms with E-state index < -0.39 is 0 Å². The molecule has 0 N–H and O–H groups in total. The molecular formula is C13H19FO2. The van der Waals surface area contributed by atoms with Crippen LogP contribution in [0.2, 0.25) is 0 Å². The Labute approximate surface area is 96.4 Å². The van der Waals surface area contributed by atoms with E-state index in [1.807, 2.05) is 33.8 Å². The number of ether oxygens (including phenoxy) is 2. The zero-order chi connectivity index (χ0) is 12.3. The highest BCUT2D eigenvalue weighted by atomic mass is 19.1. The van der Waals surface area contributed by atoms with E-state index in [4.69, 9.17) is 9.47 Å². The van der Waals surface area contributed by atoms with E-state index in [9.17, 15) is 4.39 Å². The van der Waals surface area contributed by atoms with Crippen molar-refractivity contribution in [3.05, 3.63) is 23.5 Å². The van der Waals surface area contributed by atoms with Gasteiger partial charge in [0.25, 0.3) is 0 Å². The van der Waals surface area contributed by atoms with Crippen LogP contribution in [0.1, 0.15) is 39.2 Å². The SMILES string of the molecule is COc1cc(C(C)C)cc(F)c1OC(C)C. The molecule has 0 bridgehead atoms. The van der Waals surface area contributed by atoms with Gasteiger partial charge in [0.1, 0.15) is 0 Å². The highest BCUT2D eigenvalue weighted by molar-refractivity contribution is 5.45. The van der Waals surface area contributed by atoms with Gasteiger partial charge in [-0.2, -0.15) is 0 Å². The Morgan fingerprint density at radius 3 is 2.19 bits per heavy atom. The van der Waals surface area contributed by atoms with Crippen molar-refractivity contribution in [1.29, 1.82) is 0 Å². The first kappa shape index (κ1) is 12.8. The molecule has 16 heavy (non-hydrogen) atoms. The molecule has 0 heterocycles.